The lowest BCUT2D eigenvalue weighted by Crippen LogP contribution is -2.68. The summed E-state index contributed by atoms with van der Waals surface area (Å²) in [4.78, 5) is 73.6. The van der Waals surface area contributed by atoms with Crippen molar-refractivity contribution in [2.45, 2.75) is 404 Å². The van der Waals surface area contributed by atoms with Gasteiger partial charge < -0.3 is 64.2 Å². The molecule has 536 valence electrons. The van der Waals surface area contributed by atoms with Crippen molar-refractivity contribution >= 4 is 31.6 Å². The molecule has 0 aromatic rings. The summed E-state index contributed by atoms with van der Waals surface area (Å²) >= 11 is 0. The summed E-state index contributed by atoms with van der Waals surface area (Å²) in [5, 5.41) is 39.2. The molecule has 7 N–H and O–H groups in total. The Balaban J connectivity index is 2.30. The highest BCUT2D eigenvalue weighted by atomic mass is 31.2. The Hall–Kier alpha value is -2.29. The van der Waals surface area contributed by atoms with E-state index in [1.54, 1.807) is 0 Å². The van der Waals surface area contributed by atoms with Gasteiger partial charge in [0.25, 0.3) is 0 Å². The van der Waals surface area contributed by atoms with Gasteiger partial charge in [-0.2, -0.15) is 0 Å². The second kappa shape index (κ2) is 55.8. The maximum atomic E-state index is 13.6. The molecule has 0 saturated carbocycles. The zero-order valence-corrected chi connectivity index (χ0v) is 58.9. The normalized spacial score (nSPS) is 22.3. The van der Waals surface area contributed by atoms with Crippen LogP contribution in [-0.2, 0) is 56.7 Å². The van der Waals surface area contributed by atoms with Crippen LogP contribution in [0.5, 0.6) is 0 Å². The number of carbonyl (C=O) groups is 4. The van der Waals surface area contributed by atoms with Gasteiger partial charge in [-0.05, 0) is 32.1 Å². The standard InChI is InChI=1S/C71H135N2O17P/c1-6-10-14-18-22-26-29-32-36-40-44-48-53-84-67-63(73-61(76)50-46-42-38-34-30-27-23-19-15-11-7-2)69(70(79)80)88-60(65(67)78)56-86-71-64(72-57(5)75)68(66(59(55-74)89-71)90-91(81,82)83)85-54-52-58(49-45-41-37-33-25-21-17-13-9-4)87-62(77)51-47-43-39-35-31-28-24-20-16-12-8-3/h58-60,63-69,71,74,78H,6-56H2,1-5H3,(H,72,75)(H,73,76)(H,79,80)(H2,81,82,83)/t58-,59-,60-,63-,64-,65-,66+,67-,68-,69+,71-/m1/s1. The molecule has 0 bridgehead atoms. The van der Waals surface area contributed by atoms with Crippen molar-refractivity contribution in [3.05, 3.63) is 0 Å². The Labute approximate surface area is 551 Å². The summed E-state index contributed by atoms with van der Waals surface area (Å²) in [6.45, 7) is 8.73. The molecule has 2 rings (SSSR count). The van der Waals surface area contributed by atoms with Crippen LogP contribution in [0.25, 0.3) is 0 Å². The highest BCUT2D eigenvalue weighted by Crippen LogP contribution is 2.42. The molecule has 2 fully saturated rings. The molecule has 0 aromatic heterocycles. The fourth-order valence-electron chi connectivity index (χ4n) is 12.7. The second-order valence-electron chi connectivity index (χ2n) is 26.5. The maximum Gasteiger partial charge on any atom is 0.470 e. The monoisotopic (exact) mass is 1320 g/mol. The smallest absolute Gasteiger partial charge is 0.470 e. The summed E-state index contributed by atoms with van der Waals surface area (Å²) in [7, 11) is -5.31. The number of nitrogens with one attached hydrogen (secondary N) is 2. The Morgan fingerprint density at radius 3 is 1.32 bits per heavy atom. The van der Waals surface area contributed by atoms with E-state index in [2.05, 4.69) is 38.3 Å². The molecule has 19 nitrogen and oxygen atoms in total. The molecule has 20 heteroatoms. The fraction of sp³-hybridized carbons (Fsp3) is 0.944. The van der Waals surface area contributed by atoms with Crippen LogP contribution in [0.2, 0.25) is 0 Å². The van der Waals surface area contributed by atoms with Gasteiger partial charge in [0, 0.05) is 32.8 Å². The average molecular weight is 1320 g/mol. The number of aliphatic carboxylic acids is 1. The van der Waals surface area contributed by atoms with Crippen LogP contribution < -0.4 is 10.6 Å². The molecule has 2 aliphatic rings. The van der Waals surface area contributed by atoms with Crippen LogP contribution in [0, 0.1) is 0 Å². The first-order valence-corrected chi connectivity index (χ1v) is 38.8. The number of phosphoric acid groups is 1. The average Bonchev–Trinajstić information content (AvgIpc) is 0.825. The molecule has 0 unspecified atom stereocenters. The summed E-state index contributed by atoms with van der Waals surface area (Å²) in [5.74, 6) is -2.70. The van der Waals surface area contributed by atoms with E-state index in [0.29, 0.717) is 25.7 Å². The van der Waals surface area contributed by atoms with Crippen molar-refractivity contribution < 1.29 is 81.8 Å². The number of aliphatic hydroxyl groups is 2. The molecule has 2 saturated heterocycles. The predicted octanol–water partition coefficient (Wildman–Crippen LogP) is 15.5. The van der Waals surface area contributed by atoms with E-state index in [4.69, 9.17) is 32.9 Å². The molecule has 2 heterocycles. The Bertz CT molecular complexity index is 1830. The zero-order valence-electron chi connectivity index (χ0n) is 58.0. The number of phosphoric ester groups is 1. The Kier molecular flexibility index (Phi) is 52.0. The van der Waals surface area contributed by atoms with Gasteiger partial charge in [0.05, 0.1) is 25.9 Å². The van der Waals surface area contributed by atoms with Crippen molar-refractivity contribution in [2.75, 3.05) is 26.4 Å². The largest absolute Gasteiger partial charge is 0.479 e. The molecule has 2 aliphatic heterocycles. The van der Waals surface area contributed by atoms with E-state index in [1.165, 1.54) is 167 Å². The van der Waals surface area contributed by atoms with E-state index in [0.717, 1.165) is 96.3 Å². The molecule has 91 heavy (non-hydrogen) atoms. The first-order valence-electron chi connectivity index (χ1n) is 37.3. The number of ether oxygens (including phenoxy) is 6. The van der Waals surface area contributed by atoms with Gasteiger partial charge in [0.2, 0.25) is 11.8 Å². The minimum absolute atomic E-state index is 0.129. The fourth-order valence-corrected chi connectivity index (χ4v) is 13.3. The lowest BCUT2D eigenvalue weighted by atomic mass is 9.92. The summed E-state index contributed by atoms with van der Waals surface area (Å²) in [6.07, 6.45) is 37.0. The summed E-state index contributed by atoms with van der Waals surface area (Å²) < 4.78 is 55.3. The molecule has 0 radical (unpaired) electrons. The number of carboxylic acids is 1. The number of carboxylic acid groups (broad SMARTS) is 1. The van der Waals surface area contributed by atoms with Gasteiger partial charge in [-0.15, -0.1) is 0 Å². The van der Waals surface area contributed by atoms with Crippen molar-refractivity contribution in [3.8, 4) is 0 Å². The van der Waals surface area contributed by atoms with Gasteiger partial charge in [0.15, 0.2) is 12.4 Å². The minimum Gasteiger partial charge on any atom is -0.479 e. The zero-order chi connectivity index (χ0) is 66.6. The SMILES string of the molecule is CCCCCCCCCCCCCCO[C@H]1[C@H](O)[C@@H](CO[C@@H]2O[C@H](CO)[C@H](OP(=O)(O)O)[C@H](OCC[C@@H](CCCCCCCCCCC)OC(=O)CCCCCCCCCCCCC)[C@H]2NC(C)=O)O[C@H](C(=O)O)[C@@H]1NC(=O)CCCCCCCCCCCCC. The highest BCUT2D eigenvalue weighted by Gasteiger charge is 2.53. The second-order valence-corrected chi connectivity index (χ2v) is 27.7. The van der Waals surface area contributed by atoms with E-state index < -0.39 is 100 Å². The third-order valence-corrected chi connectivity index (χ3v) is 18.7. The Morgan fingerprint density at radius 1 is 0.473 bits per heavy atom. The molecular weight excluding hydrogens is 1180 g/mol. The summed E-state index contributed by atoms with van der Waals surface area (Å²) in [5.41, 5.74) is 0. The maximum absolute atomic E-state index is 13.6. The van der Waals surface area contributed by atoms with Crippen LogP contribution in [0.15, 0.2) is 0 Å². The minimum atomic E-state index is -5.31. The van der Waals surface area contributed by atoms with Crippen LogP contribution in [0.3, 0.4) is 0 Å². The quantitative estimate of drug-likeness (QED) is 0.0169. The van der Waals surface area contributed by atoms with Crippen molar-refractivity contribution in [3.63, 3.8) is 0 Å². The molecule has 2 amide bonds. The molecule has 11 atom stereocenters. The third kappa shape index (κ3) is 42.1. The predicted molar refractivity (Wildman–Crippen MR) is 360 cm³/mol. The van der Waals surface area contributed by atoms with Gasteiger partial charge in [-0.25, -0.2) is 9.36 Å². The number of amides is 2. The first-order chi connectivity index (χ1) is 44.1. The third-order valence-electron chi connectivity index (χ3n) is 18.1. The van der Waals surface area contributed by atoms with Gasteiger partial charge >= 0.3 is 19.8 Å². The van der Waals surface area contributed by atoms with Crippen molar-refractivity contribution in [1.82, 2.24) is 10.6 Å². The van der Waals surface area contributed by atoms with Gasteiger partial charge in [-0.1, -0.05) is 278 Å². The molecule has 0 spiro atoms. The number of hydrogen-bond acceptors (Lipinski definition) is 14. The van der Waals surface area contributed by atoms with Gasteiger partial charge in [-0.3, -0.25) is 18.9 Å². The number of esters is 1. The summed E-state index contributed by atoms with van der Waals surface area (Å²) in [6, 6.07) is -2.64. The number of carbonyl (C=O) groups excluding carboxylic acids is 3. The van der Waals surface area contributed by atoms with Crippen LogP contribution in [0.4, 0.5) is 0 Å². The number of aliphatic hydroxyl groups excluding tert-OH is 2. The number of hydrogen-bond donors (Lipinski definition) is 7. The van der Waals surface area contributed by atoms with E-state index in [1.807, 2.05) is 0 Å². The van der Waals surface area contributed by atoms with Crippen LogP contribution in [-0.4, -0.2) is 142 Å². The lowest BCUT2D eigenvalue weighted by molar-refractivity contribution is -0.289. The van der Waals surface area contributed by atoms with Crippen molar-refractivity contribution in [1.29, 1.82) is 0 Å². The van der Waals surface area contributed by atoms with Crippen molar-refractivity contribution in [2.24, 2.45) is 0 Å². The lowest BCUT2D eigenvalue weighted by Gasteiger charge is -2.47. The van der Waals surface area contributed by atoms with Gasteiger partial charge in [0.1, 0.15) is 48.8 Å². The van der Waals surface area contributed by atoms with Crippen LogP contribution in [0.1, 0.15) is 336 Å². The van der Waals surface area contributed by atoms with E-state index >= 15 is 0 Å². The molecule has 0 aromatic carbocycles. The number of unbranched alkanes of at least 4 members (excludes halogenated alkanes) is 39. The Morgan fingerprint density at radius 2 is 0.890 bits per heavy atom. The van der Waals surface area contributed by atoms with E-state index in [-0.39, 0.29) is 44.4 Å². The number of rotatable bonds is 62. The van der Waals surface area contributed by atoms with E-state index in [9.17, 15) is 48.8 Å². The topological polar surface area (TPSA) is 275 Å². The molecule has 0 aliphatic carbocycles. The first kappa shape index (κ1) is 84.8. The van der Waals surface area contributed by atoms with Crippen LogP contribution >= 0.6 is 7.82 Å². The highest BCUT2D eigenvalue weighted by molar-refractivity contribution is 7.46. The molecular formula is C71H135N2O17P.